The first-order chi connectivity index (χ1) is 10.7. The molecule has 1 aromatic rings. The molecule has 2 rings (SSSR count). The Morgan fingerprint density at radius 1 is 1.39 bits per heavy atom. The quantitative estimate of drug-likeness (QED) is 0.641. The van der Waals surface area contributed by atoms with Crippen LogP contribution in [0.3, 0.4) is 0 Å². The molecular weight excluding hydrogens is 333 g/mol. The van der Waals surface area contributed by atoms with Crippen molar-refractivity contribution in [2.45, 2.75) is 58.2 Å². The number of benzene rings is 1. The molecule has 0 N–H and O–H groups in total. The SMILES string of the molecule is C=CCc1cc(Cl)c(Cl)c(CN(C(=O)OC(C)(C)C)C2CC2)c1. The first-order valence-corrected chi connectivity index (χ1v) is 8.54. The Kier molecular flexibility index (Phi) is 5.64. The van der Waals surface area contributed by atoms with E-state index in [1.165, 1.54) is 0 Å². The lowest BCUT2D eigenvalue weighted by atomic mass is 10.1. The number of rotatable bonds is 5. The molecule has 1 fully saturated rings. The molecule has 1 saturated carbocycles. The van der Waals surface area contributed by atoms with Crippen LogP contribution in [0.25, 0.3) is 0 Å². The van der Waals surface area contributed by atoms with E-state index in [1.807, 2.05) is 39.0 Å². The summed E-state index contributed by atoms with van der Waals surface area (Å²) in [5, 5.41) is 0.995. The molecule has 1 aromatic carbocycles. The molecule has 3 nitrogen and oxygen atoms in total. The molecule has 0 aromatic heterocycles. The second-order valence-electron chi connectivity index (χ2n) is 6.88. The van der Waals surface area contributed by atoms with Gasteiger partial charge < -0.3 is 9.64 Å². The molecule has 0 bridgehead atoms. The second kappa shape index (κ2) is 7.14. The summed E-state index contributed by atoms with van der Waals surface area (Å²) < 4.78 is 5.52. The number of hydrogen-bond donors (Lipinski definition) is 0. The van der Waals surface area contributed by atoms with Crippen LogP contribution in [0.4, 0.5) is 4.79 Å². The lowest BCUT2D eigenvalue weighted by Gasteiger charge is -2.28. The monoisotopic (exact) mass is 355 g/mol. The van der Waals surface area contributed by atoms with Crippen LogP contribution >= 0.6 is 23.2 Å². The van der Waals surface area contributed by atoms with E-state index in [0.29, 0.717) is 23.0 Å². The minimum Gasteiger partial charge on any atom is -0.444 e. The van der Waals surface area contributed by atoms with Crippen molar-refractivity contribution in [3.05, 3.63) is 46.0 Å². The fourth-order valence-corrected chi connectivity index (χ4v) is 2.77. The van der Waals surface area contributed by atoms with Gasteiger partial charge in [-0.05, 0) is 57.2 Å². The Morgan fingerprint density at radius 3 is 2.57 bits per heavy atom. The fourth-order valence-electron chi connectivity index (χ4n) is 2.34. The van der Waals surface area contributed by atoms with Crippen molar-refractivity contribution < 1.29 is 9.53 Å². The molecule has 0 heterocycles. The average molecular weight is 356 g/mol. The molecule has 23 heavy (non-hydrogen) atoms. The van der Waals surface area contributed by atoms with Crippen LogP contribution in [0.15, 0.2) is 24.8 Å². The summed E-state index contributed by atoms with van der Waals surface area (Å²) in [5.41, 5.74) is 1.36. The van der Waals surface area contributed by atoms with E-state index in [9.17, 15) is 4.79 Å². The van der Waals surface area contributed by atoms with Gasteiger partial charge in [-0.1, -0.05) is 35.3 Å². The third-order valence-corrected chi connectivity index (χ3v) is 4.34. The van der Waals surface area contributed by atoms with Gasteiger partial charge in [0.05, 0.1) is 16.6 Å². The van der Waals surface area contributed by atoms with Crippen LogP contribution in [0.1, 0.15) is 44.7 Å². The number of ether oxygens (including phenoxy) is 1. The third kappa shape index (κ3) is 5.15. The topological polar surface area (TPSA) is 29.5 Å². The Morgan fingerprint density at radius 2 is 2.04 bits per heavy atom. The highest BCUT2D eigenvalue weighted by molar-refractivity contribution is 6.42. The van der Waals surface area contributed by atoms with Gasteiger partial charge in [-0.2, -0.15) is 0 Å². The van der Waals surface area contributed by atoms with Crippen LogP contribution < -0.4 is 0 Å². The Bertz CT molecular complexity index is 604. The Balaban J connectivity index is 2.23. The summed E-state index contributed by atoms with van der Waals surface area (Å²) in [4.78, 5) is 14.2. The van der Waals surface area contributed by atoms with Gasteiger partial charge in [0.2, 0.25) is 0 Å². The van der Waals surface area contributed by atoms with Crippen LogP contribution in [0.2, 0.25) is 10.0 Å². The lowest BCUT2D eigenvalue weighted by molar-refractivity contribution is 0.0217. The van der Waals surface area contributed by atoms with Gasteiger partial charge in [0, 0.05) is 6.04 Å². The van der Waals surface area contributed by atoms with Crippen LogP contribution in [0.5, 0.6) is 0 Å². The molecule has 5 heteroatoms. The highest BCUT2D eigenvalue weighted by atomic mass is 35.5. The van der Waals surface area contributed by atoms with E-state index < -0.39 is 5.60 Å². The van der Waals surface area contributed by atoms with Crippen molar-refractivity contribution in [1.29, 1.82) is 0 Å². The van der Waals surface area contributed by atoms with E-state index in [0.717, 1.165) is 24.0 Å². The summed E-state index contributed by atoms with van der Waals surface area (Å²) in [6.07, 6.45) is 4.21. The smallest absolute Gasteiger partial charge is 0.410 e. The van der Waals surface area contributed by atoms with Crippen molar-refractivity contribution in [1.82, 2.24) is 4.90 Å². The van der Waals surface area contributed by atoms with Crippen molar-refractivity contribution in [3.8, 4) is 0 Å². The van der Waals surface area contributed by atoms with Gasteiger partial charge in [-0.25, -0.2) is 4.79 Å². The first kappa shape index (κ1) is 18.2. The van der Waals surface area contributed by atoms with Crippen LogP contribution in [-0.2, 0) is 17.7 Å². The predicted octanol–water partition coefficient (Wildman–Crippen LogP) is 5.62. The van der Waals surface area contributed by atoms with Gasteiger partial charge in [0.15, 0.2) is 0 Å². The number of hydrogen-bond acceptors (Lipinski definition) is 2. The second-order valence-corrected chi connectivity index (χ2v) is 7.67. The maximum absolute atomic E-state index is 12.5. The molecule has 0 atom stereocenters. The summed E-state index contributed by atoms with van der Waals surface area (Å²) in [6.45, 7) is 9.75. The normalized spacial score (nSPS) is 14.5. The largest absolute Gasteiger partial charge is 0.444 e. The Hall–Kier alpha value is -1.19. The minimum absolute atomic E-state index is 0.225. The van der Waals surface area contributed by atoms with Crippen LogP contribution in [0, 0.1) is 0 Å². The van der Waals surface area contributed by atoms with Crippen molar-refractivity contribution >= 4 is 29.3 Å². The van der Waals surface area contributed by atoms with Crippen molar-refractivity contribution in [2.24, 2.45) is 0 Å². The van der Waals surface area contributed by atoms with Gasteiger partial charge in [-0.15, -0.1) is 6.58 Å². The molecule has 0 spiro atoms. The zero-order chi connectivity index (χ0) is 17.2. The van der Waals surface area contributed by atoms with E-state index in [-0.39, 0.29) is 12.1 Å². The molecule has 1 aliphatic rings. The zero-order valence-electron chi connectivity index (χ0n) is 13.9. The van der Waals surface area contributed by atoms with E-state index in [2.05, 4.69) is 6.58 Å². The van der Waals surface area contributed by atoms with Crippen LogP contribution in [-0.4, -0.2) is 22.6 Å². The molecule has 0 radical (unpaired) electrons. The third-order valence-electron chi connectivity index (χ3n) is 3.50. The summed E-state index contributed by atoms with van der Waals surface area (Å²) in [7, 11) is 0. The number of allylic oxidation sites excluding steroid dienone is 1. The molecule has 0 unspecified atom stereocenters. The predicted molar refractivity (Wildman–Crippen MR) is 95.2 cm³/mol. The number of carbonyl (C=O) groups is 1. The van der Waals surface area contributed by atoms with E-state index >= 15 is 0 Å². The molecule has 1 amide bonds. The number of carbonyl (C=O) groups excluding carboxylic acids is 1. The minimum atomic E-state index is -0.518. The maximum Gasteiger partial charge on any atom is 0.410 e. The summed E-state index contributed by atoms with van der Waals surface area (Å²) in [6, 6.07) is 4.04. The maximum atomic E-state index is 12.5. The van der Waals surface area contributed by atoms with Gasteiger partial charge in [-0.3, -0.25) is 0 Å². The standard InChI is InChI=1S/C18H23Cl2NO2/c1-5-6-12-9-13(16(20)15(19)10-12)11-21(14-7-8-14)17(22)23-18(2,3)4/h5,9-10,14H,1,6-8,11H2,2-4H3. The van der Waals surface area contributed by atoms with E-state index in [1.54, 1.807) is 4.90 Å². The first-order valence-electron chi connectivity index (χ1n) is 7.78. The highest BCUT2D eigenvalue weighted by Crippen LogP contribution is 2.34. The number of nitrogens with zero attached hydrogens (tertiary/aromatic N) is 1. The van der Waals surface area contributed by atoms with Gasteiger partial charge >= 0.3 is 6.09 Å². The Labute approximate surface area is 148 Å². The molecule has 1 aliphatic carbocycles. The highest BCUT2D eigenvalue weighted by Gasteiger charge is 2.35. The molecular formula is C18H23Cl2NO2. The van der Waals surface area contributed by atoms with Gasteiger partial charge in [0.25, 0.3) is 0 Å². The van der Waals surface area contributed by atoms with Crippen molar-refractivity contribution in [3.63, 3.8) is 0 Å². The average Bonchev–Trinajstić information content (AvgIpc) is 3.23. The summed E-state index contributed by atoms with van der Waals surface area (Å²) >= 11 is 12.6. The van der Waals surface area contributed by atoms with E-state index in [4.69, 9.17) is 27.9 Å². The molecule has 126 valence electrons. The zero-order valence-corrected chi connectivity index (χ0v) is 15.4. The lowest BCUT2D eigenvalue weighted by Crippen LogP contribution is -2.37. The molecule has 0 saturated heterocycles. The number of halogens is 2. The number of amides is 1. The summed E-state index contributed by atoms with van der Waals surface area (Å²) in [5.74, 6) is 0. The van der Waals surface area contributed by atoms with Gasteiger partial charge in [0.1, 0.15) is 5.60 Å². The fraction of sp³-hybridized carbons (Fsp3) is 0.500. The molecule has 0 aliphatic heterocycles. The van der Waals surface area contributed by atoms with Crippen molar-refractivity contribution in [2.75, 3.05) is 0 Å².